The lowest BCUT2D eigenvalue weighted by Gasteiger charge is -2.26. The van der Waals surface area contributed by atoms with E-state index in [-0.39, 0.29) is 24.5 Å². The Hall–Kier alpha value is -1.66. The van der Waals surface area contributed by atoms with E-state index >= 15 is 0 Å². The smallest absolute Gasteiger partial charge is 0.290 e. The highest BCUT2D eigenvalue weighted by atomic mass is 79.9. The highest BCUT2D eigenvalue weighted by Gasteiger charge is 2.41. The van der Waals surface area contributed by atoms with Gasteiger partial charge in [-0.15, -0.1) is 0 Å². The molecule has 0 unspecified atom stereocenters. The Bertz CT molecular complexity index is 594. The number of halogens is 1. The summed E-state index contributed by atoms with van der Waals surface area (Å²) in [5.41, 5.74) is 0.860. The fourth-order valence-corrected chi connectivity index (χ4v) is 2.74. The predicted molar refractivity (Wildman–Crippen MR) is 80.6 cm³/mol. The number of aliphatic hydroxyl groups is 2. The van der Waals surface area contributed by atoms with Crippen LogP contribution in [0.2, 0.25) is 0 Å². The first-order valence-electron chi connectivity index (χ1n) is 6.58. The molecule has 1 atom stereocenters. The van der Waals surface area contributed by atoms with Gasteiger partial charge in [-0.3, -0.25) is 9.59 Å². The van der Waals surface area contributed by atoms with Crippen molar-refractivity contribution >= 4 is 27.6 Å². The summed E-state index contributed by atoms with van der Waals surface area (Å²) in [6.07, 6.45) is 0.386. The van der Waals surface area contributed by atoms with Gasteiger partial charge in [0.2, 0.25) is 0 Å². The van der Waals surface area contributed by atoms with Crippen LogP contribution in [0, 0.1) is 0 Å². The van der Waals surface area contributed by atoms with Crippen LogP contribution in [0.5, 0.6) is 0 Å². The molecular weight excluding hydrogens is 338 g/mol. The van der Waals surface area contributed by atoms with E-state index in [9.17, 15) is 14.7 Å². The van der Waals surface area contributed by atoms with Gasteiger partial charge in [0.25, 0.3) is 5.91 Å². The summed E-state index contributed by atoms with van der Waals surface area (Å²) in [4.78, 5) is 25.4. The van der Waals surface area contributed by atoms with E-state index < -0.39 is 17.7 Å². The molecule has 0 saturated carbocycles. The molecule has 0 bridgehead atoms. The Kier molecular flexibility index (Phi) is 4.80. The molecule has 2 rings (SSSR count). The summed E-state index contributed by atoms with van der Waals surface area (Å²) in [5, 5.41) is 18.9. The third-order valence-corrected chi connectivity index (χ3v) is 3.95. The zero-order valence-electron chi connectivity index (χ0n) is 11.5. The third-order valence-electron chi connectivity index (χ3n) is 3.43. The zero-order chi connectivity index (χ0) is 15.6. The maximum atomic E-state index is 12.2. The Labute approximate surface area is 131 Å². The molecule has 0 fully saturated rings. The van der Waals surface area contributed by atoms with Gasteiger partial charge in [-0.05, 0) is 31.0 Å². The Balaban J connectivity index is 2.46. The minimum absolute atomic E-state index is 0.0625. The van der Waals surface area contributed by atoms with Gasteiger partial charge in [0.15, 0.2) is 11.5 Å². The molecule has 1 aromatic carbocycles. The SMILES string of the molecule is CC(=O)C1=C(O)C(=O)N(CCCO)[C@@H]1c1ccc(Br)cc1. The zero-order valence-corrected chi connectivity index (χ0v) is 13.1. The highest BCUT2D eigenvalue weighted by Crippen LogP contribution is 2.37. The van der Waals surface area contributed by atoms with Gasteiger partial charge in [-0.1, -0.05) is 28.1 Å². The minimum atomic E-state index is -0.602. The van der Waals surface area contributed by atoms with Crippen LogP contribution < -0.4 is 0 Å². The molecule has 0 aliphatic carbocycles. The maximum Gasteiger partial charge on any atom is 0.290 e. The molecule has 21 heavy (non-hydrogen) atoms. The first-order chi connectivity index (χ1) is 9.97. The maximum absolute atomic E-state index is 12.2. The second-order valence-electron chi connectivity index (χ2n) is 4.85. The monoisotopic (exact) mass is 353 g/mol. The molecule has 1 aromatic rings. The number of hydrogen-bond acceptors (Lipinski definition) is 4. The van der Waals surface area contributed by atoms with Crippen molar-refractivity contribution in [2.24, 2.45) is 0 Å². The first kappa shape index (κ1) is 15.7. The van der Waals surface area contributed by atoms with Crippen molar-refractivity contribution in [2.45, 2.75) is 19.4 Å². The molecule has 1 aliphatic rings. The van der Waals surface area contributed by atoms with E-state index in [0.717, 1.165) is 10.0 Å². The lowest BCUT2D eigenvalue weighted by Crippen LogP contribution is -2.32. The van der Waals surface area contributed by atoms with Gasteiger partial charge >= 0.3 is 0 Å². The van der Waals surface area contributed by atoms with Crippen molar-refractivity contribution in [2.75, 3.05) is 13.2 Å². The number of carbonyl (C=O) groups excluding carboxylic acids is 2. The van der Waals surface area contributed by atoms with Crippen molar-refractivity contribution in [1.82, 2.24) is 4.90 Å². The fourth-order valence-electron chi connectivity index (χ4n) is 2.48. The first-order valence-corrected chi connectivity index (χ1v) is 7.38. The van der Waals surface area contributed by atoms with Crippen LogP contribution in [0.1, 0.15) is 24.9 Å². The van der Waals surface area contributed by atoms with Gasteiger partial charge in [-0.2, -0.15) is 0 Å². The normalized spacial score (nSPS) is 18.5. The number of carbonyl (C=O) groups is 2. The van der Waals surface area contributed by atoms with E-state index in [1.165, 1.54) is 11.8 Å². The van der Waals surface area contributed by atoms with E-state index in [2.05, 4.69) is 15.9 Å². The summed E-state index contributed by atoms with van der Waals surface area (Å²) >= 11 is 3.34. The summed E-state index contributed by atoms with van der Waals surface area (Å²) in [6, 6.07) is 6.63. The van der Waals surface area contributed by atoms with Crippen LogP contribution in [0.25, 0.3) is 0 Å². The van der Waals surface area contributed by atoms with Crippen molar-refractivity contribution in [3.63, 3.8) is 0 Å². The molecule has 0 aromatic heterocycles. The van der Waals surface area contributed by atoms with E-state index in [0.29, 0.717) is 6.42 Å². The van der Waals surface area contributed by atoms with Crippen molar-refractivity contribution in [3.05, 3.63) is 45.6 Å². The molecule has 6 heteroatoms. The summed E-state index contributed by atoms with van der Waals surface area (Å²) < 4.78 is 0.884. The van der Waals surface area contributed by atoms with Gasteiger partial charge in [0.05, 0.1) is 11.6 Å². The standard InChI is InChI=1S/C15H16BrNO4/c1-9(19)12-13(10-3-5-11(16)6-4-10)17(7-2-8-18)15(21)14(12)20/h3-6,13,18,20H,2,7-8H2,1H3/t13-/m1/s1. The van der Waals surface area contributed by atoms with Crippen molar-refractivity contribution in [1.29, 1.82) is 0 Å². The van der Waals surface area contributed by atoms with Crippen molar-refractivity contribution in [3.8, 4) is 0 Å². The number of Topliss-reactive ketones (excluding diaryl/α,β-unsaturated/α-hetero) is 1. The molecular formula is C15H16BrNO4. The molecule has 0 radical (unpaired) electrons. The van der Waals surface area contributed by atoms with Crippen LogP contribution in [-0.4, -0.2) is 40.0 Å². The van der Waals surface area contributed by atoms with Crippen LogP contribution >= 0.6 is 15.9 Å². The highest BCUT2D eigenvalue weighted by molar-refractivity contribution is 9.10. The average Bonchev–Trinajstić information content (AvgIpc) is 2.70. The Morgan fingerprint density at radius 3 is 2.48 bits per heavy atom. The minimum Gasteiger partial charge on any atom is -0.503 e. The van der Waals surface area contributed by atoms with Crippen LogP contribution in [-0.2, 0) is 9.59 Å². The second kappa shape index (κ2) is 6.41. The van der Waals surface area contributed by atoms with Gasteiger partial charge < -0.3 is 15.1 Å². The number of nitrogens with zero attached hydrogens (tertiary/aromatic N) is 1. The number of ketones is 1. The fraction of sp³-hybridized carbons (Fsp3) is 0.333. The lowest BCUT2D eigenvalue weighted by molar-refractivity contribution is -0.129. The lowest BCUT2D eigenvalue weighted by atomic mass is 9.97. The molecule has 1 amide bonds. The molecule has 2 N–H and O–H groups in total. The van der Waals surface area contributed by atoms with E-state index in [1.807, 2.05) is 12.1 Å². The Morgan fingerprint density at radius 2 is 1.95 bits per heavy atom. The molecule has 1 aliphatic heterocycles. The Morgan fingerprint density at radius 1 is 1.33 bits per heavy atom. The van der Waals surface area contributed by atoms with Gasteiger partial charge in [-0.25, -0.2) is 0 Å². The molecule has 112 valence electrons. The topological polar surface area (TPSA) is 77.8 Å². The van der Waals surface area contributed by atoms with Gasteiger partial charge in [0.1, 0.15) is 0 Å². The third kappa shape index (κ3) is 3.01. The number of benzene rings is 1. The summed E-state index contributed by atoms with van der Waals surface area (Å²) in [6.45, 7) is 1.55. The van der Waals surface area contributed by atoms with E-state index in [1.54, 1.807) is 12.1 Å². The average molecular weight is 354 g/mol. The molecule has 5 nitrogen and oxygen atoms in total. The van der Waals surface area contributed by atoms with Crippen molar-refractivity contribution < 1.29 is 19.8 Å². The molecule has 0 saturated heterocycles. The molecule has 1 heterocycles. The molecule has 0 spiro atoms. The largest absolute Gasteiger partial charge is 0.503 e. The predicted octanol–water partition coefficient (Wildman–Crippen LogP) is 2.12. The van der Waals surface area contributed by atoms with Gasteiger partial charge in [0, 0.05) is 17.6 Å². The number of aliphatic hydroxyl groups excluding tert-OH is 2. The van der Waals surface area contributed by atoms with Crippen LogP contribution in [0.4, 0.5) is 0 Å². The summed E-state index contributed by atoms with van der Waals surface area (Å²) in [5.74, 6) is -1.39. The number of amides is 1. The van der Waals surface area contributed by atoms with Crippen LogP contribution in [0.3, 0.4) is 0 Å². The number of hydrogen-bond donors (Lipinski definition) is 2. The number of rotatable bonds is 5. The second-order valence-corrected chi connectivity index (χ2v) is 5.76. The van der Waals surface area contributed by atoms with E-state index in [4.69, 9.17) is 5.11 Å². The quantitative estimate of drug-likeness (QED) is 0.849. The summed E-state index contributed by atoms with van der Waals surface area (Å²) in [7, 11) is 0. The van der Waals surface area contributed by atoms with Crippen LogP contribution in [0.15, 0.2) is 40.1 Å².